The Balaban J connectivity index is 1.60. The number of hydrogen-bond donors (Lipinski definition) is 0. The van der Waals surface area contributed by atoms with Gasteiger partial charge < -0.3 is 9.47 Å². The van der Waals surface area contributed by atoms with Gasteiger partial charge in [0.2, 0.25) is 5.91 Å². The Morgan fingerprint density at radius 1 is 0.711 bits per heavy atom. The van der Waals surface area contributed by atoms with Crippen LogP contribution in [0.3, 0.4) is 0 Å². The van der Waals surface area contributed by atoms with E-state index in [0.29, 0.717) is 22.7 Å². The standard InChI is InChI=1S/C31H26N2O5/c1-36-25-18-16-21(17-19-25)27-31(22-10-5-3-6-11-22)28(38-33(27)23-12-7-4-8-13-23)29(34)32(30(31)35)24-14-9-15-26(20-24)37-2/h3-20,27-28H,1-2H3. The molecule has 0 N–H and O–H groups in total. The fourth-order valence-electron chi connectivity index (χ4n) is 5.57. The van der Waals surface area contributed by atoms with Crippen molar-refractivity contribution in [2.45, 2.75) is 17.6 Å². The number of benzene rings is 4. The number of ether oxygens (including phenoxy) is 2. The molecule has 0 aliphatic carbocycles. The Morgan fingerprint density at radius 2 is 1.34 bits per heavy atom. The lowest BCUT2D eigenvalue weighted by atomic mass is 9.69. The van der Waals surface area contributed by atoms with Crippen LogP contribution in [0.5, 0.6) is 11.5 Å². The number of carbonyl (C=O) groups excluding carboxylic acids is 2. The first-order valence-corrected chi connectivity index (χ1v) is 12.3. The van der Waals surface area contributed by atoms with E-state index >= 15 is 0 Å². The number of carbonyl (C=O) groups is 2. The number of fused-ring (bicyclic) bond motifs is 1. The van der Waals surface area contributed by atoms with Crippen molar-refractivity contribution < 1.29 is 23.9 Å². The Bertz CT molecular complexity index is 1480. The largest absolute Gasteiger partial charge is 0.497 e. The van der Waals surface area contributed by atoms with Gasteiger partial charge in [-0.15, -0.1) is 0 Å². The number of methoxy groups -OCH3 is 2. The Labute approximate surface area is 220 Å². The maximum atomic E-state index is 14.7. The highest BCUT2D eigenvalue weighted by molar-refractivity contribution is 6.28. The summed E-state index contributed by atoms with van der Waals surface area (Å²) in [6.07, 6.45) is -1.09. The van der Waals surface area contributed by atoms with Crippen LogP contribution in [0.25, 0.3) is 0 Å². The number of rotatable bonds is 6. The minimum atomic E-state index is -1.36. The zero-order valence-corrected chi connectivity index (χ0v) is 21.0. The van der Waals surface area contributed by atoms with Gasteiger partial charge in [0.1, 0.15) is 23.0 Å². The molecule has 38 heavy (non-hydrogen) atoms. The SMILES string of the molecule is COc1ccc(C2N(c3ccccc3)OC3C(=O)N(c4cccc(OC)c4)C(=O)C32c2ccccc2)cc1. The summed E-state index contributed by atoms with van der Waals surface area (Å²) in [5.74, 6) is 0.457. The third-order valence-corrected chi connectivity index (χ3v) is 7.31. The molecule has 3 atom stereocenters. The summed E-state index contributed by atoms with van der Waals surface area (Å²) in [5.41, 5.74) is 1.34. The maximum absolute atomic E-state index is 14.7. The summed E-state index contributed by atoms with van der Waals surface area (Å²) >= 11 is 0. The molecule has 0 aromatic heterocycles. The van der Waals surface area contributed by atoms with Gasteiger partial charge in [-0.3, -0.25) is 14.4 Å². The van der Waals surface area contributed by atoms with Crippen molar-refractivity contribution in [1.29, 1.82) is 0 Å². The van der Waals surface area contributed by atoms with E-state index in [2.05, 4.69) is 0 Å². The molecule has 0 radical (unpaired) electrons. The monoisotopic (exact) mass is 506 g/mol. The topological polar surface area (TPSA) is 68.3 Å². The summed E-state index contributed by atoms with van der Waals surface area (Å²) < 4.78 is 10.8. The van der Waals surface area contributed by atoms with E-state index in [0.717, 1.165) is 11.3 Å². The molecule has 4 aromatic carbocycles. The van der Waals surface area contributed by atoms with Crippen molar-refractivity contribution in [3.63, 3.8) is 0 Å². The summed E-state index contributed by atoms with van der Waals surface area (Å²) in [7, 11) is 3.16. The van der Waals surface area contributed by atoms with Gasteiger partial charge >= 0.3 is 0 Å². The molecule has 2 saturated heterocycles. The molecule has 6 rings (SSSR count). The highest BCUT2D eigenvalue weighted by Crippen LogP contribution is 2.57. The van der Waals surface area contributed by atoms with E-state index in [-0.39, 0.29) is 5.91 Å². The average Bonchev–Trinajstić information content (AvgIpc) is 3.45. The van der Waals surface area contributed by atoms with Crippen LogP contribution in [0.1, 0.15) is 17.2 Å². The second-order valence-corrected chi connectivity index (χ2v) is 9.24. The molecule has 2 fully saturated rings. The predicted octanol–water partition coefficient (Wildman–Crippen LogP) is 5.08. The molecule has 0 spiro atoms. The predicted molar refractivity (Wildman–Crippen MR) is 143 cm³/mol. The van der Waals surface area contributed by atoms with Crippen molar-refractivity contribution in [3.8, 4) is 11.5 Å². The van der Waals surface area contributed by atoms with E-state index in [9.17, 15) is 9.59 Å². The average molecular weight is 507 g/mol. The molecular formula is C31H26N2O5. The summed E-state index contributed by atoms with van der Waals surface area (Å²) in [4.78, 5) is 36.6. The van der Waals surface area contributed by atoms with Crippen LogP contribution in [0, 0.1) is 0 Å². The lowest BCUT2D eigenvalue weighted by Gasteiger charge is -2.35. The van der Waals surface area contributed by atoms with E-state index in [4.69, 9.17) is 14.3 Å². The number of para-hydroxylation sites is 1. The lowest BCUT2D eigenvalue weighted by molar-refractivity contribution is -0.126. The number of nitrogens with zero attached hydrogens (tertiary/aromatic N) is 2. The van der Waals surface area contributed by atoms with Gasteiger partial charge in [0, 0.05) is 6.07 Å². The third-order valence-electron chi connectivity index (χ3n) is 7.31. The lowest BCUT2D eigenvalue weighted by Crippen LogP contribution is -2.46. The molecule has 7 heteroatoms. The number of amides is 2. The van der Waals surface area contributed by atoms with Crippen LogP contribution in [0.15, 0.2) is 109 Å². The third kappa shape index (κ3) is 3.47. The first-order valence-electron chi connectivity index (χ1n) is 12.3. The number of anilines is 2. The van der Waals surface area contributed by atoms with Crippen LogP contribution < -0.4 is 19.4 Å². The van der Waals surface area contributed by atoms with Crippen molar-refractivity contribution in [1.82, 2.24) is 0 Å². The molecule has 0 bridgehead atoms. The van der Waals surface area contributed by atoms with Crippen molar-refractivity contribution in [2.75, 3.05) is 24.2 Å². The summed E-state index contributed by atoms with van der Waals surface area (Å²) in [6.45, 7) is 0. The molecule has 7 nitrogen and oxygen atoms in total. The van der Waals surface area contributed by atoms with Crippen LogP contribution in [-0.4, -0.2) is 32.1 Å². The fourth-order valence-corrected chi connectivity index (χ4v) is 5.57. The number of hydroxylamine groups is 1. The Hall–Kier alpha value is -4.62. The van der Waals surface area contributed by atoms with Gasteiger partial charge in [-0.05, 0) is 47.5 Å². The van der Waals surface area contributed by atoms with Crippen LogP contribution in [-0.2, 0) is 19.8 Å². The maximum Gasteiger partial charge on any atom is 0.267 e. The fraction of sp³-hybridized carbons (Fsp3) is 0.161. The Morgan fingerprint density at radius 3 is 2.00 bits per heavy atom. The highest BCUT2D eigenvalue weighted by Gasteiger charge is 2.72. The van der Waals surface area contributed by atoms with Crippen molar-refractivity contribution in [3.05, 3.63) is 120 Å². The summed E-state index contributed by atoms with van der Waals surface area (Å²) in [6, 6.07) is 32.8. The molecule has 3 unspecified atom stereocenters. The molecule has 4 aromatic rings. The van der Waals surface area contributed by atoms with Gasteiger partial charge in [-0.2, -0.15) is 0 Å². The van der Waals surface area contributed by atoms with Crippen LogP contribution >= 0.6 is 0 Å². The van der Waals surface area contributed by atoms with Crippen LogP contribution in [0.2, 0.25) is 0 Å². The zero-order chi connectivity index (χ0) is 26.3. The second-order valence-electron chi connectivity index (χ2n) is 9.24. The minimum absolute atomic E-state index is 0.355. The van der Waals surface area contributed by atoms with E-state index in [1.807, 2.05) is 84.9 Å². The van der Waals surface area contributed by atoms with Crippen molar-refractivity contribution in [2.24, 2.45) is 0 Å². The van der Waals surface area contributed by atoms with Gasteiger partial charge in [-0.1, -0.05) is 66.7 Å². The quantitative estimate of drug-likeness (QED) is 0.340. The van der Waals surface area contributed by atoms with E-state index in [1.165, 1.54) is 4.90 Å². The Kier molecular flexibility index (Phi) is 5.85. The smallest absolute Gasteiger partial charge is 0.267 e. The molecule has 0 saturated carbocycles. The second kappa shape index (κ2) is 9.36. The molecule has 2 aliphatic heterocycles. The molecular weight excluding hydrogens is 480 g/mol. The first-order chi connectivity index (χ1) is 18.6. The molecule has 190 valence electrons. The molecule has 2 amide bonds. The highest BCUT2D eigenvalue weighted by atomic mass is 16.7. The molecule has 2 heterocycles. The zero-order valence-electron chi connectivity index (χ0n) is 21.0. The number of hydrogen-bond acceptors (Lipinski definition) is 6. The van der Waals surface area contributed by atoms with Gasteiger partial charge in [-0.25, -0.2) is 9.96 Å². The van der Waals surface area contributed by atoms with Gasteiger partial charge in [0.25, 0.3) is 5.91 Å². The first kappa shape index (κ1) is 23.8. The van der Waals surface area contributed by atoms with E-state index in [1.54, 1.807) is 43.5 Å². The van der Waals surface area contributed by atoms with Gasteiger partial charge in [0.15, 0.2) is 6.10 Å². The molecule has 2 aliphatic rings. The number of imide groups is 1. The van der Waals surface area contributed by atoms with Gasteiger partial charge in [0.05, 0.1) is 25.6 Å². The minimum Gasteiger partial charge on any atom is -0.497 e. The van der Waals surface area contributed by atoms with E-state index < -0.39 is 23.5 Å². The normalized spacial score (nSPS) is 22.5. The summed E-state index contributed by atoms with van der Waals surface area (Å²) in [5, 5.41) is 1.71. The van der Waals surface area contributed by atoms with Crippen molar-refractivity contribution >= 4 is 23.2 Å². The van der Waals surface area contributed by atoms with Crippen LogP contribution in [0.4, 0.5) is 11.4 Å².